The Bertz CT molecular complexity index is 798. The van der Waals surface area contributed by atoms with Gasteiger partial charge in [-0.15, -0.1) is 5.10 Å². The van der Waals surface area contributed by atoms with Gasteiger partial charge in [-0.3, -0.25) is 0 Å². The van der Waals surface area contributed by atoms with Crippen LogP contribution in [-0.4, -0.2) is 66.1 Å². The molecule has 1 N–H and O–H groups in total. The normalized spacial score (nSPS) is 14.0. The number of benzene rings is 1. The maximum Gasteiger partial charge on any atom is 0.409 e. The Morgan fingerprint density at radius 3 is 2.74 bits per heavy atom. The second-order valence-electron chi connectivity index (χ2n) is 5.79. The second-order valence-corrected chi connectivity index (χ2v) is 6.20. The van der Waals surface area contributed by atoms with E-state index < -0.39 is 0 Å². The quantitative estimate of drug-likeness (QED) is 0.829. The Morgan fingerprint density at radius 2 is 2.07 bits per heavy atom. The molecule has 27 heavy (non-hydrogen) atoms. The van der Waals surface area contributed by atoms with Crippen LogP contribution in [0.5, 0.6) is 5.75 Å². The summed E-state index contributed by atoms with van der Waals surface area (Å²) in [5, 5.41) is 11.8. The van der Waals surface area contributed by atoms with Gasteiger partial charge in [0.05, 0.1) is 24.9 Å². The van der Waals surface area contributed by atoms with Crippen molar-refractivity contribution in [3.63, 3.8) is 0 Å². The molecule has 0 bridgehead atoms. The molecule has 1 saturated heterocycles. The number of hydrogen-bond donors (Lipinski definition) is 1. The number of carbonyl (C=O) groups excluding carboxylic acids is 1. The number of hydrogen-bond acceptors (Lipinski definition) is 8. The second kappa shape index (κ2) is 8.72. The molecule has 0 aliphatic carbocycles. The molecule has 0 radical (unpaired) electrons. The Balaban J connectivity index is 1.64. The van der Waals surface area contributed by atoms with Gasteiger partial charge in [-0.25, -0.2) is 4.79 Å². The fourth-order valence-electron chi connectivity index (χ4n) is 2.68. The molecule has 10 heteroatoms. The number of halogens is 1. The molecule has 0 saturated carbocycles. The molecule has 1 aliphatic heterocycles. The molecule has 1 aliphatic rings. The summed E-state index contributed by atoms with van der Waals surface area (Å²) in [6.07, 6.45) is 1.25. The average molecular weight is 393 g/mol. The van der Waals surface area contributed by atoms with Crippen molar-refractivity contribution in [1.29, 1.82) is 0 Å². The molecular formula is C17H21ClN6O3. The number of methoxy groups -OCH3 is 1. The van der Waals surface area contributed by atoms with Crippen LogP contribution in [0.3, 0.4) is 0 Å². The van der Waals surface area contributed by atoms with Crippen LogP contribution < -0.4 is 15.0 Å². The highest BCUT2D eigenvalue weighted by atomic mass is 35.5. The lowest BCUT2D eigenvalue weighted by atomic mass is 10.3. The molecule has 0 spiro atoms. The molecule has 0 unspecified atom stereocenters. The van der Waals surface area contributed by atoms with Crippen LogP contribution in [0.2, 0.25) is 5.02 Å². The van der Waals surface area contributed by atoms with E-state index in [0.717, 1.165) is 5.69 Å². The highest BCUT2D eigenvalue weighted by molar-refractivity contribution is 6.32. The summed E-state index contributed by atoms with van der Waals surface area (Å²) in [7, 11) is 1.57. The van der Waals surface area contributed by atoms with E-state index in [-0.39, 0.29) is 6.09 Å². The van der Waals surface area contributed by atoms with E-state index in [9.17, 15) is 4.79 Å². The number of nitrogens with zero attached hydrogens (tertiary/aromatic N) is 5. The number of anilines is 3. The molecule has 2 aromatic rings. The number of rotatable bonds is 5. The van der Waals surface area contributed by atoms with E-state index in [1.807, 2.05) is 11.0 Å². The Kier molecular flexibility index (Phi) is 6.12. The van der Waals surface area contributed by atoms with Crippen molar-refractivity contribution in [1.82, 2.24) is 20.1 Å². The molecule has 1 aromatic carbocycles. The fourth-order valence-corrected chi connectivity index (χ4v) is 2.94. The summed E-state index contributed by atoms with van der Waals surface area (Å²) < 4.78 is 10.2. The number of amides is 1. The van der Waals surface area contributed by atoms with Gasteiger partial charge in [0.2, 0.25) is 5.95 Å². The fraction of sp³-hybridized carbons (Fsp3) is 0.412. The van der Waals surface area contributed by atoms with Crippen molar-refractivity contribution < 1.29 is 14.3 Å². The first-order valence-electron chi connectivity index (χ1n) is 8.57. The van der Waals surface area contributed by atoms with E-state index in [1.165, 1.54) is 6.20 Å². The molecule has 1 amide bonds. The van der Waals surface area contributed by atoms with Gasteiger partial charge in [0.25, 0.3) is 0 Å². The zero-order chi connectivity index (χ0) is 19.2. The van der Waals surface area contributed by atoms with Crippen LogP contribution in [0.4, 0.5) is 22.2 Å². The first-order chi connectivity index (χ1) is 13.1. The van der Waals surface area contributed by atoms with Crippen LogP contribution in [0.25, 0.3) is 0 Å². The van der Waals surface area contributed by atoms with Gasteiger partial charge in [-0.1, -0.05) is 11.6 Å². The van der Waals surface area contributed by atoms with Gasteiger partial charge < -0.3 is 24.6 Å². The monoisotopic (exact) mass is 392 g/mol. The number of aromatic nitrogens is 3. The van der Waals surface area contributed by atoms with E-state index in [1.54, 1.807) is 31.1 Å². The Labute approximate surface area is 162 Å². The highest BCUT2D eigenvalue weighted by Crippen LogP contribution is 2.28. The lowest BCUT2D eigenvalue weighted by Gasteiger charge is -2.33. The summed E-state index contributed by atoms with van der Waals surface area (Å²) in [5.41, 5.74) is 0.763. The van der Waals surface area contributed by atoms with Gasteiger partial charge >= 0.3 is 6.09 Å². The number of nitrogens with one attached hydrogen (secondary N) is 1. The minimum Gasteiger partial charge on any atom is -0.495 e. The van der Waals surface area contributed by atoms with Gasteiger partial charge in [-0.2, -0.15) is 10.1 Å². The molecule has 9 nitrogen and oxygen atoms in total. The standard InChI is InChI=1S/C17H21ClN6O3/c1-3-27-17(25)24-8-6-23(7-9-24)16-21-15(11-19-22-16)20-12-4-5-14(26-2)13(18)10-12/h4-5,10-11H,3,6-9H2,1-2H3,(H,20,21,22). The van der Waals surface area contributed by atoms with Crippen molar-refractivity contribution in [3.05, 3.63) is 29.4 Å². The van der Waals surface area contributed by atoms with Crippen LogP contribution in [0, 0.1) is 0 Å². The van der Waals surface area contributed by atoms with E-state index in [0.29, 0.717) is 55.3 Å². The minimum absolute atomic E-state index is 0.289. The molecule has 3 rings (SSSR count). The number of piperazine rings is 1. The van der Waals surface area contributed by atoms with Crippen LogP contribution in [-0.2, 0) is 4.74 Å². The SMILES string of the molecule is CCOC(=O)N1CCN(c2nncc(Nc3ccc(OC)c(Cl)c3)n2)CC1. The third kappa shape index (κ3) is 4.68. The van der Waals surface area contributed by atoms with Gasteiger partial charge in [0.15, 0.2) is 5.82 Å². The van der Waals surface area contributed by atoms with Gasteiger partial charge in [-0.05, 0) is 25.1 Å². The minimum atomic E-state index is -0.289. The van der Waals surface area contributed by atoms with Crippen LogP contribution in [0.15, 0.2) is 24.4 Å². The zero-order valence-corrected chi connectivity index (χ0v) is 15.9. The van der Waals surface area contributed by atoms with Gasteiger partial charge in [0.1, 0.15) is 5.75 Å². The lowest BCUT2D eigenvalue weighted by molar-refractivity contribution is 0.105. The highest BCUT2D eigenvalue weighted by Gasteiger charge is 2.23. The summed E-state index contributed by atoms with van der Waals surface area (Å²) in [6, 6.07) is 5.36. The molecule has 1 fully saturated rings. The van der Waals surface area contributed by atoms with Gasteiger partial charge in [0, 0.05) is 31.9 Å². The number of ether oxygens (including phenoxy) is 2. The maximum atomic E-state index is 11.8. The lowest BCUT2D eigenvalue weighted by Crippen LogP contribution is -2.49. The predicted octanol–water partition coefficient (Wildman–Crippen LogP) is 2.56. The van der Waals surface area contributed by atoms with Crippen molar-refractivity contribution in [2.75, 3.05) is 50.1 Å². The third-order valence-corrected chi connectivity index (χ3v) is 4.36. The van der Waals surface area contributed by atoms with Crippen molar-refractivity contribution >= 4 is 35.1 Å². The molecular weight excluding hydrogens is 372 g/mol. The van der Waals surface area contributed by atoms with Crippen LogP contribution >= 0.6 is 11.6 Å². The molecule has 0 atom stereocenters. The first-order valence-corrected chi connectivity index (χ1v) is 8.95. The Morgan fingerprint density at radius 1 is 1.30 bits per heavy atom. The van der Waals surface area contributed by atoms with E-state index in [2.05, 4.69) is 20.5 Å². The Hall–Kier alpha value is -2.81. The first kappa shape index (κ1) is 19.0. The number of carbonyl (C=O) groups is 1. The predicted molar refractivity (Wildman–Crippen MR) is 102 cm³/mol. The molecule has 2 heterocycles. The zero-order valence-electron chi connectivity index (χ0n) is 15.2. The average Bonchev–Trinajstić information content (AvgIpc) is 2.69. The van der Waals surface area contributed by atoms with Crippen molar-refractivity contribution in [2.45, 2.75) is 6.92 Å². The summed E-state index contributed by atoms with van der Waals surface area (Å²) >= 11 is 6.15. The third-order valence-electron chi connectivity index (χ3n) is 4.06. The maximum absolute atomic E-state index is 11.8. The molecule has 1 aromatic heterocycles. The van der Waals surface area contributed by atoms with Crippen molar-refractivity contribution in [3.8, 4) is 5.75 Å². The molecule has 144 valence electrons. The summed E-state index contributed by atoms with van der Waals surface area (Å²) in [6.45, 7) is 4.48. The van der Waals surface area contributed by atoms with E-state index >= 15 is 0 Å². The van der Waals surface area contributed by atoms with Crippen LogP contribution in [0.1, 0.15) is 6.92 Å². The smallest absolute Gasteiger partial charge is 0.409 e. The topological polar surface area (TPSA) is 92.7 Å². The van der Waals surface area contributed by atoms with Crippen molar-refractivity contribution in [2.24, 2.45) is 0 Å². The largest absolute Gasteiger partial charge is 0.495 e. The van der Waals surface area contributed by atoms with E-state index in [4.69, 9.17) is 21.1 Å². The summed E-state index contributed by atoms with van der Waals surface area (Å²) in [5.74, 6) is 1.65. The summed E-state index contributed by atoms with van der Waals surface area (Å²) in [4.78, 5) is 19.9.